The SMILES string of the molecule is [2H]C([2H])([2H])N1CCC(N(Cc2ccc(F)cc2)C(=O)NCc2ccc(OCC(C)C)cc2)CC1. The summed E-state index contributed by atoms with van der Waals surface area (Å²) in [5, 5.41) is 2.99. The van der Waals surface area contributed by atoms with E-state index in [-0.39, 0.29) is 17.9 Å². The molecule has 2 aromatic rings. The first-order chi connectivity index (χ1) is 16.1. The lowest BCUT2D eigenvalue weighted by molar-refractivity contribution is 0.127. The molecule has 1 saturated heterocycles. The minimum Gasteiger partial charge on any atom is -0.493 e. The number of urea groups is 1. The lowest BCUT2D eigenvalue weighted by Gasteiger charge is -2.37. The lowest BCUT2D eigenvalue weighted by atomic mass is 10.0. The van der Waals surface area contributed by atoms with Gasteiger partial charge >= 0.3 is 6.03 Å². The van der Waals surface area contributed by atoms with E-state index in [9.17, 15) is 9.18 Å². The molecule has 0 atom stereocenters. The predicted molar refractivity (Wildman–Crippen MR) is 121 cm³/mol. The van der Waals surface area contributed by atoms with Crippen molar-refractivity contribution >= 4 is 6.03 Å². The van der Waals surface area contributed by atoms with Gasteiger partial charge in [0.1, 0.15) is 11.6 Å². The summed E-state index contributed by atoms with van der Waals surface area (Å²) in [6, 6.07) is 13.4. The number of halogens is 1. The van der Waals surface area contributed by atoms with Crippen LogP contribution in [0.2, 0.25) is 0 Å². The Bertz CT molecular complexity index is 912. The van der Waals surface area contributed by atoms with E-state index in [1.165, 1.54) is 17.0 Å². The van der Waals surface area contributed by atoms with Gasteiger partial charge in [0.25, 0.3) is 0 Å². The summed E-state index contributed by atoms with van der Waals surface area (Å²) >= 11 is 0. The Balaban J connectivity index is 1.64. The van der Waals surface area contributed by atoms with Gasteiger partial charge in [-0.3, -0.25) is 0 Å². The first-order valence-electron chi connectivity index (χ1n) is 12.4. The van der Waals surface area contributed by atoms with Crippen LogP contribution in [0.3, 0.4) is 0 Å². The number of carbonyl (C=O) groups excluding carboxylic acids is 1. The molecule has 168 valence electrons. The fraction of sp³-hybridized carbons (Fsp3) is 0.480. The number of benzene rings is 2. The number of likely N-dealkylation sites (tertiary alicyclic amines) is 1. The van der Waals surface area contributed by atoms with Crippen molar-refractivity contribution in [2.45, 2.75) is 45.8 Å². The molecule has 1 fully saturated rings. The maximum absolute atomic E-state index is 13.4. The fourth-order valence-electron chi connectivity index (χ4n) is 3.58. The minimum atomic E-state index is -2.12. The third-order valence-electron chi connectivity index (χ3n) is 5.38. The maximum atomic E-state index is 13.4. The molecule has 3 rings (SSSR count). The molecule has 0 aliphatic carbocycles. The van der Waals surface area contributed by atoms with Gasteiger partial charge in [0.2, 0.25) is 0 Å². The van der Waals surface area contributed by atoms with Crippen LogP contribution in [0.5, 0.6) is 5.75 Å². The van der Waals surface area contributed by atoms with Gasteiger partial charge in [0.05, 0.1) is 6.61 Å². The number of rotatable bonds is 8. The number of hydrogen-bond donors (Lipinski definition) is 1. The van der Waals surface area contributed by atoms with Crippen molar-refractivity contribution in [2.24, 2.45) is 5.92 Å². The van der Waals surface area contributed by atoms with E-state index in [4.69, 9.17) is 8.85 Å². The average molecular weight is 431 g/mol. The monoisotopic (exact) mass is 430 g/mol. The second kappa shape index (κ2) is 11.1. The van der Waals surface area contributed by atoms with Gasteiger partial charge in [-0.15, -0.1) is 0 Å². The Morgan fingerprint density at radius 3 is 2.42 bits per heavy atom. The molecule has 0 aromatic heterocycles. The summed E-state index contributed by atoms with van der Waals surface area (Å²) in [6.45, 7) is 4.18. The number of carbonyl (C=O) groups is 1. The molecule has 1 heterocycles. The van der Waals surface area contributed by atoms with Crippen molar-refractivity contribution in [3.63, 3.8) is 0 Å². The maximum Gasteiger partial charge on any atom is 0.318 e. The van der Waals surface area contributed by atoms with Crippen LogP contribution in [0, 0.1) is 11.7 Å². The van der Waals surface area contributed by atoms with Crippen molar-refractivity contribution in [1.29, 1.82) is 0 Å². The van der Waals surface area contributed by atoms with E-state index in [2.05, 4.69) is 19.2 Å². The highest BCUT2D eigenvalue weighted by atomic mass is 19.1. The summed E-state index contributed by atoms with van der Waals surface area (Å²) < 4.78 is 41.9. The standard InChI is InChI=1S/C25H34FN3O2/c1-19(2)18-31-24-10-6-20(7-11-24)16-27-25(30)29(23-12-14-28(3)15-13-23)17-21-4-8-22(26)9-5-21/h4-11,19,23H,12-18H2,1-3H3,(H,27,30)/i3D3. The van der Waals surface area contributed by atoms with E-state index in [0.717, 1.165) is 16.9 Å². The number of ether oxygens (including phenoxy) is 1. The highest BCUT2D eigenvalue weighted by Gasteiger charge is 2.27. The van der Waals surface area contributed by atoms with E-state index >= 15 is 0 Å². The second-order valence-electron chi connectivity index (χ2n) is 8.48. The van der Waals surface area contributed by atoms with Gasteiger partial charge in [0.15, 0.2) is 0 Å². The van der Waals surface area contributed by atoms with Gasteiger partial charge in [0, 0.05) is 23.2 Å². The van der Waals surface area contributed by atoms with Crippen LogP contribution < -0.4 is 10.1 Å². The van der Waals surface area contributed by atoms with Gasteiger partial charge < -0.3 is 19.9 Å². The molecular weight excluding hydrogens is 393 g/mol. The molecule has 2 aromatic carbocycles. The van der Waals surface area contributed by atoms with Crippen LogP contribution in [0.1, 0.15) is 41.9 Å². The van der Waals surface area contributed by atoms with Crippen LogP contribution in [0.15, 0.2) is 48.5 Å². The van der Waals surface area contributed by atoms with Crippen LogP contribution in [0.4, 0.5) is 9.18 Å². The van der Waals surface area contributed by atoms with Crippen LogP contribution in [0.25, 0.3) is 0 Å². The van der Waals surface area contributed by atoms with Crippen molar-refractivity contribution in [3.05, 3.63) is 65.5 Å². The molecule has 31 heavy (non-hydrogen) atoms. The Kier molecular flexibility index (Phi) is 6.87. The van der Waals surface area contributed by atoms with Gasteiger partial charge in [-0.1, -0.05) is 38.1 Å². The highest BCUT2D eigenvalue weighted by molar-refractivity contribution is 5.74. The molecule has 0 unspecified atom stereocenters. The molecule has 0 saturated carbocycles. The molecule has 6 heteroatoms. The van der Waals surface area contributed by atoms with Crippen LogP contribution >= 0.6 is 0 Å². The molecule has 1 aliphatic rings. The number of nitrogens with one attached hydrogen (secondary N) is 1. The molecule has 0 radical (unpaired) electrons. The molecule has 0 bridgehead atoms. The Labute approximate surface area is 189 Å². The number of nitrogens with zero attached hydrogens (tertiary/aromatic N) is 2. The minimum absolute atomic E-state index is 0.101. The normalized spacial score (nSPS) is 17.0. The first kappa shape index (κ1) is 19.1. The molecule has 0 spiro atoms. The van der Waals surface area contributed by atoms with Gasteiger partial charge in [-0.25, -0.2) is 9.18 Å². The second-order valence-corrected chi connectivity index (χ2v) is 8.48. The smallest absolute Gasteiger partial charge is 0.318 e. The Morgan fingerprint density at radius 2 is 1.81 bits per heavy atom. The van der Waals surface area contributed by atoms with Crippen molar-refractivity contribution in [3.8, 4) is 5.75 Å². The largest absolute Gasteiger partial charge is 0.493 e. The molecule has 5 nitrogen and oxygen atoms in total. The first-order valence-corrected chi connectivity index (χ1v) is 10.9. The highest BCUT2D eigenvalue weighted by Crippen LogP contribution is 2.19. The Morgan fingerprint density at radius 1 is 1.16 bits per heavy atom. The van der Waals surface area contributed by atoms with Crippen molar-refractivity contribution in [1.82, 2.24) is 15.1 Å². The van der Waals surface area contributed by atoms with E-state index < -0.39 is 6.98 Å². The van der Waals surface area contributed by atoms with Gasteiger partial charge in [-0.2, -0.15) is 0 Å². The fourth-order valence-corrected chi connectivity index (χ4v) is 3.58. The summed E-state index contributed by atoms with van der Waals surface area (Å²) in [6.07, 6.45) is 1.13. The summed E-state index contributed by atoms with van der Waals surface area (Å²) in [5.74, 6) is 0.909. The third kappa shape index (κ3) is 7.24. The van der Waals surface area contributed by atoms with E-state index in [1.54, 1.807) is 17.0 Å². The third-order valence-corrected chi connectivity index (χ3v) is 5.38. The van der Waals surface area contributed by atoms with Crippen molar-refractivity contribution < 1.29 is 18.0 Å². The summed E-state index contributed by atoms with van der Waals surface area (Å²) in [7, 11) is 0. The summed E-state index contributed by atoms with van der Waals surface area (Å²) in [4.78, 5) is 16.4. The van der Waals surface area contributed by atoms with Crippen LogP contribution in [-0.2, 0) is 13.1 Å². The molecule has 1 aliphatic heterocycles. The zero-order valence-electron chi connectivity index (χ0n) is 21.3. The number of hydrogen-bond acceptors (Lipinski definition) is 3. The predicted octanol–water partition coefficient (Wildman–Crippen LogP) is 4.67. The topological polar surface area (TPSA) is 44.8 Å². The van der Waals surface area contributed by atoms with E-state index in [0.29, 0.717) is 51.5 Å². The quantitative estimate of drug-likeness (QED) is 0.662. The average Bonchev–Trinajstić information content (AvgIpc) is 2.81. The molecular formula is C25H34FN3O2. The summed E-state index contributed by atoms with van der Waals surface area (Å²) in [5.41, 5.74) is 1.77. The Hall–Kier alpha value is -2.60. The number of amides is 2. The van der Waals surface area contributed by atoms with Crippen molar-refractivity contribution in [2.75, 3.05) is 26.7 Å². The zero-order valence-corrected chi connectivity index (χ0v) is 18.3. The molecule has 1 N–H and O–H groups in total. The van der Waals surface area contributed by atoms with Gasteiger partial charge in [-0.05, 0) is 74.2 Å². The lowest BCUT2D eigenvalue weighted by Crippen LogP contribution is -2.49. The number of piperidine rings is 1. The molecule has 2 amide bonds. The van der Waals surface area contributed by atoms with E-state index in [1.807, 2.05) is 24.3 Å². The zero-order chi connectivity index (χ0) is 24.7. The van der Waals surface area contributed by atoms with Crippen LogP contribution in [-0.4, -0.2) is 48.5 Å².